The highest BCUT2D eigenvalue weighted by atomic mass is 17.1. The predicted octanol–water partition coefficient (Wildman–Crippen LogP) is 0.369. The van der Waals surface area contributed by atoms with E-state index in [1.54, 1.807) is 6.07 Å². The summed E-state index contributed by atoms with van der Waals surface area (Å²) in [6, 6.07) is 3.62. The van der Waals surface area contributed by atoms with E-state index in [2.05, 4.69) is 14.8 Å². The molecule has 1 aromatic rings. The third-order valence-corrected chi connectivity index (χ3v) is 2.61. The van der Waals surface area contributed by atoms with Crippen molar-refractivity contribution in [2.45, 2.75) is 0 Å². The Balaban J connectivity index is 2.05. The zero-order valence-corrected chi connectivity index (χ0v) is 10.0. The molecule has 18 heavy (non-hydrogen) atoms. The number of rotatable bonds is 5. The first-order chi connectivity index (χ1) is 8.79. The third kappa shape index (κ3) is 3.46. The van der Waals surface area contributed by atoms with Crippen molar-refractivity contribution in [3.8, 4) is 5.88 Å². The van der Waals surface area contributed by atoms with Crippen molar-refractivity contribution < 1.29 is 19.6 Å². The van der Waals surface area contributed by atoms with Gasteiger partial charge in [-0.15, -0.1) is 0 Å². The number of pyridine rings is 1. The smallest absolute Gasteiger partial charge is 0.217 e. The van der Waals surface area contributed by atoms with E-state index < -0.39 is 0 Å². The van der Waals surface area contributed by atoms with Gasteiger partial charge >= 0.3 is 0 Å². The molecule has 1 aromatic heterocycles. The SMILES string of the molecule is Nc1cc(N2CCOCC2)cc(OCCOO)n1. The summed E-state index contributed by atoms with van der Waals surface area (Å²) in [5, 5.41) is 8.21. The summed E-state index contributed by atoms with van der Waals surface area (Å²) in [6.07, 6.45) is 0. The molecule has 7 heteroatoms. The number of anilines is 2. The Hall–Kier alpha value is -1.57. The number of hydrogen-bond acceptors (Lipinski definition) is 7. The second kappa shape index (κ2) is 6.39. The maximum atomic E-state index is 8.21. The Kier molecular flexibility index (Phi) is 4.57. The summed E-state index contributed by atoms with van der Waals surface area (Å²) in [5.41, 5.74) is 6.70. The molecule has 7 nitrogen and oxygen atoms in total. The lowest BCUT2D eigenvalue weighted by Gasteiger charge is -2.29. The number of hydrogen-bond donors (Lipinski definition) is 2. The van der Waals surface area contributed by atoms with Crippen LogP contribution in [-0.2, 0) is 9.62 Å². The second-order valence-electron chi connectivity index (χ2n) is 3.87. The van der Waals surface area contributed by atoms with Gasteiger partial charge < -0.3 is 20.1 Å². The molecule has 1 saturated heterocycles. The summed E-state index contributed by atoms with van der Waals surface area (Å²) in [7, 11) is 0. The Morgan fingerprint density at radius 2 is 2.11 bits per heavy atom. The van der Waals surface area contributed by atoms with E-state index in [9.17, 15) is 0 Å². The average Bonchev–Trinajstić information content (AvgIpc) is 2.39. The molecule has 1 aliphatic heterocycles. The number of ether oxygens (including phenoxy) is 2. The van der Waals surface area contributed by atoms with Crippen LogP contribution in [-0.4, -0.2) is 49.8 Å². The molecule has 3 N–H and O–H groups in total. The van der Waals surface area contributed by atoms with E-state index in [4.69, 9.17) is 20.5 Å². The van der Waals surface area contributed by atoms with Crippen LogP contribution in [0.15, 0.2) is 12.1 Å². The van der Waals surface area contributed by atoms with Gasteiger partial charge in [0.05, 0.1) is 13.2 Å². The zero-order valence-electron chi connectivity index (χ0n) is 10.0. The Labute approximate surface area is 105 Å². The monoisotopic (exact) mass is 255 g/mol. The molecule has 1 aliphatic rings. The van der Waals surface area contributed by atoms with Crippen LogP contribution in [0, 0.1) is 0 Å². The van der Waals surface area contributed by atoms with Crippen LogP contribution >= 0.6 is 0 Å². The van der Waals surface area contributed by atoms with E-state index >= 15 is 0 Å². The maximum absolute atomic E-state index is 8.21. The van der Waals surface area contributed by atoms with Gasteiger partial charge in [0.15, 0.2) is 0 Å². The van der Waals surface area contributed by atoms with Crippen LogP contribution in [0.4, 0.5) is 11.5 Å². The molecule has 0 radical (unpaired) electrons. The molecule has 0 bridgehead atoms. The Morgan fingerprint density at radius 3 is 2.83 bits per heavy atom. The number of nitrogens with two attached hydrogens (primary N) is 1. The molecular weight excluding hydrogens is 238 g/mol. The van der Waals surface area contributed by atoms with E-state index in [0.29, 0.717) is 24.9 Å². The minimum absolute atomic E-state index is 0.0867. The number of aromatic nitrogens is 1. The highest BCUT2D eigenvalue weighted by molar-refractivity contribution is 5.55. The van der Waals surface area contributed by atoms with E-state index in [1.807, 2.05) is 6.07 Å². The standard InChI is InChI=1S/C11H17N3O4/c12-10-7-9(14-1-3-16-4-2-14)8-11(13-10)17-5-6-18-15/h7-8,15H,1-6H2,(H2,12,13). The average molecular weight is 255 g/mol. The first-order valence-corrected chi connectivity index (χ1v) is 5.79. The van der Waals surface area contributed by atoms with Crippen LogP contribution in [0.5, 0.6) is 5.88 Å². The lowest BCUT2D eigenvalue weighted by atomic mass is 10.3. The fourth-order valence-electron chi connectivity index (χ4n) is 1.77. The largest absolute Gasteiger partial charge is 0.475 e. The van der Waals surface area contributed by atoms with Crippen LogP contribution in [0.25, 0.3) is 0 Å². The second-order valence-corrected chi connectivity index (χ2v) is 3.87. The Bertz CT molecular complexity index is 383. The predicted molar refractivity (Wildman–Crippen MR) is 65.8 cm³/mol. The molecule has 0 amide bonds. The van der Waals surface area contributed by atoms with Crippen molar-refractivity contribution in [1.82, 2.24) is 4.98 Å². The minimum Gasteiger partial charge on any atom is -0.475 e. The molecule has 2 heterocycles. The number of nitrogen functional groups attached to an aromatic ring is 1. The minimum atomic E-state index is 0.0867. The molecule has 0 aromatic carbocycles. The van der Waals surface area contributed by atoms with Crippen LogP contribution in [0.1, 0.15) is 0 Å². The van der Waals surface area contributed by atoms with Gasteiger partial charge in [-0.2, -0.15) is 4.98 Å². The van der Waals surface area contributed by atoms with Gasteiger partial charge in [-0.25, -0.2) is 4.89 Å². The summed E-state index contributed by atoms with van der Waals surface area (Å²) in [5.74, 6) is 0.826. The van der Waals surface area contributed by atoms with Crippen molar-refractivity contribution in [3.05, 3.63) is 12.1 Å². The molecule has 0 unspecified atom stereocenters. The van der Waals surface area contributed by atoms with Gasteiger partial charge in [-0.1, -0.05) is 0 Å². The van der Waals surface area contributed by atoms with E-state index in [0.717, 1.165) is 18.8 Å². The molecule has 100 valence electrons. The van der Waals surface area contributed by atoms with E-state index in [-0.39, 0.29) is 13.2 Å². The van der Waals surface area contributed by atoms with Crippen LogP contribution in [0.2, 0.25) is 0 Å². The Morgan fingerprint density at radius 1 is 1.33 bits per heavy atom. The summed E-state index contributed by atoms with van der Waals surface area (Å²) in [4.78, 5) is 10.2. The molecule has 0 saturated carbocycles. The van der Waals surface area contributed by atoms with Crippen molar-refractivity contribution in [1.29, 1.82) is 0 Å². The summed E-state index contributed by atoms with van der Waals surface area (Å²) in [6.45, 7) is 3.36. The fourth-order valence-corrected chi connectivity index (χ4v) is 1.77. The normalized spacial score (nSPS) is 15.7. The van der Waals surface area contributed by atoms with Crippen LogP contribution in [0.3, 0.4) is 0 Å². The lowest BCUT2D eigenvalue weighted by molar-refractivity contribution is -0.245. The van der Waals surface area contributed by atoms with Gasteiger partial charge in [0.25, 0.3) is 0 Å². The van der Waals surface area contributed by atoms with Gasteiger partial charge in [0.1, 0.15) is 19.0 Å². The fraction of sp³-hybridized carbons (Fsp3) is 0.545. The molecule has 1 fully saturated rings. The molecule has 0 aliphatic carbocycles. The highest BCUT2D eigenvalue weighted by Gasteiger charge is 2.13. The maximum Gasteiger partial charge on any atom is 0.217 e. The van der Waals surface area contributed by atoms with Crippen molar-refractivity contribution in [3.63, 3.8) is 0 Å². The van der Waals surface area contributed by atoms with Crippen molar-refractivity contribution in [2.75, 3.05) is 50.2 Å². The summed E-state index contributed by atoms with van der Waals surface area (Å²) >= 11 is 0. The topological polar surface area (TPSA) is 90.1 Å². The van der Waals surface area contributed by atoms with E-state index in [1.165, 1.54) is 0 Å². The van der Waals surface area contributed by atoms with Gasteiger partial charge in [-0.3, -0.25) is 5.26 Å². The first-order valence-electron chi connectivity index (χ1n) is 5.79. The number of nitrogens with zero attached hydrogens (tertiary/aromatic N) is 2. The molecule has 0 spiro atoms. The van der Waals surface area contributed by atoms with Gasteiger partial charge in [-0.05, 0) is 0 Å². The van der Waals surface area contributed by atoms with Gasteiger partial charge in [0.2, 0.25) is 5.88 Å². The van der Waals surface area contributed by atoms with Crippen molar-refractivity contribution in [2.24, 2.45) is 0 Å². The van der Waals surface area contributed by atoms with Crippen LogP contribution < -0.4 is 15.4 Å². The third-order valence-electron chi connectivity index (χ3n) is 2.61. The summed E-state index contributed by atoms with van der Waals surface area (Å²) < 4.78 is 10.6. The lowest BCUT2D eigenvalue weighted by Crippen LogP contribution is -2.36. The quantitative estimate of drug-likeness (QED) is 0.446. The number of morpholine rings is 1. The molecular formula is C11H17N3O4. The van der Waals surface area contributed by atoms with Gasteiger partial charge in [0, 0.05) is 30.9 Å². The molecule has 2 rings (SSSR count). The van der Waals surface area contributed by atoms with Crippen molar-refractivity contribution >= 4 is 11.5 Å². The first kappa shape index (κ1) is 12.9. The molecule has 0 atom stereocenters. The zero-order chi connectivity index (χ0) is 12.8. The highest BCUT2D eigenvalue weighted by Crippen LogP contribution is 2.23.